The summed E-state index contributed by atoms with van der Waals surface area (Å²) in [5, 5.41) is 31.9. The number of anilines is 1. The molecule has 0 atom stereocenters. The van der Waals surface area contributed by atoms with Crippen molar-refractivity contribution in [2.45, 2.75) is 26.7 Å². The number of azo groups is 1. The van der Waals surface area contributed by atoms with Crippen LogP contribution in [-0.2, 0) is 0 Å². The highest BCUT2D eigenvalue weighted by molar-refractivity contribution is 6.07. The molecule has 0 bridgehead atoms. The molecule has 0 aliphatic carbocycles. The maximum Gasteiger partial charge on any atom is 0.269 e. The molecule has 3 rings (SSSR count). The molecule has 2 N–H and O–H groups in total. The molecular weight excluding hydrogens is 424 g/mol. The Morgan fingerprint density at radius 1 is 1.06 bits per heavy atom. The highest BCUT2D eigenvalue weighted by Gasteiger charge is 2.16. The van der Waals surface area contributed by atoms with Crippen molar-refractivity contribution >= 4 is 28.7 Å². The molecule has 9 nitrogen and oxygen atoms in total. The minimum absolute atomic E-state index is 0.0485. The maximum absolute atomic E-state index is 12.8. The Hall–Kier alpha value is -4.27. The van der Waals surface area contributed by atoms with Gasteiger partial charge in [0.25, 0.3) is 11.6 Å². The fourth-order valence-electron chi connectivity index (χ4n) is 3.31. The SMILES string of the molecule is COc1cc(C(C)C)c(C)cc1NC(=O)c1ccc(N=Nc2ccc([N+](=O)[O-])cc2)cc1O. The lowest BCUT2D eigenvalue weighted by Gasteiger charge is -2.16. The van der Waals surface area contributed by atoms with E-state index in [4.69, 9.17) is 4.74 Å². The Balaban J connectivity index is 1.77. The zero-order valence-corrected chi connectivity index (χ0v) is 18.7. The molecule has 0 heterocycles. The number of phenolic OH excluding ortho intramolecular Hbond substituents is 1. The van der Waals surface area contributed by atoms with Crippen LogP contribution in [0.1, 0.15) is 41.3 Å². The minimum atomic E-state index is -0.502. The summed E-state index contributed by atoms with van der Waals surface area (Å²) in [6.07, 6.45) is 0. The van der Waals surface area contributed by atoms with Crippen LogP contribution in [0.5, 0.6) is 11.5 Å². The van der Waals surface area contributed by atoms with E-state index < -0.39 is 10.8 Å². The first kappa shape index (κ1) is 23.4. The van der Waals surface area contributed by atoms with E-state index >= 15 is 0 Å². The highest BCUT2D eigenvalue weighted by atomic mass is 16.6. The summed E-state index contributed by atoms with van der Waals surface area (Å²) in [6, 6.07) is 13.6. The quantitative estimate of drug-likeness (QED) is 0.245. The van der Waals surface area contributed by atoms with Crippen molar-refractivity contribution in [2.24, 2.45) is 10.2 Å². The van der Waals surface area contributed by atoms with Crippen LogP contribution in [-0.4, -0.2) is 23.0 Å². The van der Waals surface area contributed by atoms with Crippen LogP contribution in [0.2, 0.25) is 0 Å². The van der Waals surface area contributed by atoms with Crippen molar-refractivity contribution in [3.63, 3.8) is 0 Å². The first-order chi connectivity index (χ1) is 15.7. The lowest BCUT2D eigenvalue weighted by atomic mass is 9.97. The van der Waals surface area contributed by atoms with Crippen LogP contribution >= 0.6 is 0 Å². The number of hydrogen-bond acceptors (Lipinski definition) is 7. The molecule has 0 unspecified atom stereocenters. The van der Waals surface area contributed by atoms with Gasteiger partial charge in [-0.05, 0) is 60.4 Å². The van der Waals surface area contributed by atoms with Crippen molar-refractivity contribution in [3.05, 3.63) is 81.4 Å². The predicted molar refractivity (Wildman–Crippen MR) is 125 cm³/mol. The van der Waals surface area contributed by atoms with E-state index in [1.54, 1.807) is 0 Å². The number of amides is 1. The summed E-state index contributed by atoms with van der Waals surface area (Å²) in [4.78, 5) is 23.0. The zero-order chi connectivity index (χ0) is 24.1. The van der Waals surface area contributed by atoms with Crippen LogP contribution < -0.4 is 10.1 Å². The minimum Gasteiger partial charge on any atom is -0.507 e. The van der Waals surface area contributed by atoms with Gasteiger partial charge < -0.3 is 15.2 Å². The van der Waals surface area contributed by atoms with Crippen LogP contribution in [0.4, 0.5) is 22.7 Å². The number of carbonyl (C=O) groups excluding carboxylic acids is 1. The normalized spacial score (nSPS) is 11.1. The van der Waals surface area contributed by atoms with Gasteiger partial charge >= 0.3 is 0 Å². The van der Waals surface area contributed by atoms with E-state index in [2.05, 4.69) is 29.4 Å². The highest BCUT2D eigenvalue weighted by Crippen LogP contribution is 2.33. The van der Waals surface area contributed by atoms with E-state index in [1.807, 2.05) is 19.1 Å². The van der Waals surface area contributed by atoms with Crippen LogP contribution in [0, 0.1) is 17.0 Å². The van der Waals surface area contributed by atoms with Crippen molar-refractivity contribution in [1.82, 2.24) is 0 Å². The van der Waals surface area contributed by atoms with Crippen LogP contribution in [0.15, 0.2) is 64.8 Å². The van der Waals surface area contributed by atoms with Gasteiger partial charge in [0, 0.05) is 18.2 Å². The third-order valence-electron chi connectivity index (χ3n) is 5.03. The molecule has 1 amide bonds. The van der Waals surface area contributed by atoms with Gasteiger partial charge in [0.2, 0.25) is 0 Å². The molecule has 0 spiro atoms. The number of aromatic hydroxyl groups is 1. The molecule has 3 aromatic rings. The van der Waals surface area contributed by atoms with Crippen molar-refractivity contribution in [3.8, 4) is 11.5 Å². The monoisotopic (exact) mass is 448 g/mol. The first-order valence-corrected chi connectivity index (χ1v) is 10.2. The number of nitro benzene ring substituents is 1. The largest absolute Gasteiger partial charge is 0.507 e. The standard InChI is InChI=1S/C24H24N4O5/c1-14(2)20-13-23(33-4)21(11-15(20)3)25-24(30)19-10-7-17(12-22(19)29)27-26-16-5-8-18(9-6-16)28(31)32/h5-14,29H,1-4H3,(H,25,30). The van der Waals surface area contributed by atoms with Gasteiger partial charge in [-0.1, -0.05) is 13.8 Å². The number of methoxy groups -OCH3 is 1. The molecule has 0 fully saturated rings. The second-order valence-corrected chi connectivity index (χ2v) is 7.69. The average Bonchev–Trinajstić information content (AvgIpc) is 2.77. The summed E-state index contributed by atoms with van der Waals surface area (Å²) >= 11 is 0. The number of hydrogen-bond donors (Lipinski definition) is 2. The number of carbonyl (C=O) groups is 1. The van der Waals surface area contributed by atoms with E-state index in [1.165, 1.54) is 49.6 Å². The van der Waals surface area contributed by atoms with Crippen LogP contribution in [0.3, 0.4) is 0 Å². The molecular formula is C24H24N4O5. The van der Waals surface area contributed by atoms with Gasteiger partial charge in [0.05, 0.1) is 34.7 Å². The number of nitrogens with one attached hydrogen (secondary N) is 1. The Bertz CT molecular complexity index is 1220. The number of non-ortho nitro benzene ring substituents is 1. The van der Waals surface area contributed by atoms with Crippen molar-refractivity contribution in [2.75, 3.05) is 12.4 Å². The van der Waals surface area contributed by atoms with Gasteiger partial charge in [0.15, 0.2) is 0 Å². The van der Waals surface area contributed by atoms with Gasteiger partial charge in [-0.2, -0.15) is 10.2 Å². The molecule has 33 heavy (non-hydrogen) atoms. The lowest BCUT2D eigenvalue weighted by molar-refractivity contribution is -0.384. The van der Waals surface area contributed by atoms with Gasteiger partial charge in [-0.15, -0.1) is 0 Å². The second-order valence-electron chi connectivity index (χ2n) is 7.69. The molecule has 9 heteroatoms. The zero-order valence-electron chi connectivity index (χ0n) is 18.7. The van der Waals surface area contributed by atoms with Gasteiger partial charge in [0.1, 0.15) is 11.5 Å². The predicted octanol–water partition coefficient (Wildman–Crippen LogP) is 6.41. The summed E-state index contributed by atoms with van der Waals surface area (Å²) in [6.45, 7) is 6.13. The Labute approximate surface area is 190 Å². The number of aryl methyl sites for hydroxylation is 1. The molecule has 0 radical (unpaired) electrons. The molecule has 0 aromatic heterocycles. The molecule has 0 saturated carbocycles. The summed E-state index contributed by atoms with van der Waals surface area (Å²) in [5.41, 5.74) is 3.39. The number of ether oxygens (including phenoxy) is 1. The lowest BCUT2D eigenvalue weighted by Crippen LogP contribution is -2.13. The molecule has 0 aliphatic rings. The number of nitrogens with zero attached hydrogens (tertiary/aromatic N) is 3. The molecule has 0 saturated heterocycles. The summed E-state index contributed by atoms with van der Waals surface area (Å²) in [5.74, 6) is 0.0783. The number of phenols is 1. The van der Waals surface area contributed by atoms with E-state index in [-0.39, 0.29) is 17.0 Å². The fraction of sp³-hybridized carbons (Fsp3) is 0.208. The third kappa shape index (κ3) is 5.51. The van der Waals surface area contributed by atoms with E-state index in [0.717, 1.165) is 11.1 Å². The summed E-state index contributed by atoms with van der Waals surface area (Å²) in [7, 11) is 1.53. The Morgan fingerprint density at radius 2 is 1.70 bits per heavy atom. The number of benzene rings is 3. The van der Waals surface area contributed by atoms with E-state index in [9.17, 15) is 20.0 Å². The van der Waals surface area contributed by atoms with Crippen molar-refractivity contribution in [1.29, 1.82) is 0 Å². The Morgan fingerprint density at radius 3 is 2.27 bits per heavy atom. The van der Waals surface area contributed by atoms with Gasteiger partial charge in [-0.3, -0.25) is 14.9 Å². The average molecular weight is 448 g/mol. The topological polar surface area (TPSA) is 126 Å². The van der Waals surface area contributed by atoms with E-state index in [0.29, 0.717) is 28.7 Å². The molecule has 0 aliphatic heterocycles. The second kappa shape index (κ2) is 9.90. The molecule has 170 valence electrons. The van der Waals surface area contributed by atoms with Crippen molar-refractivity contribution < 1.29 is 19.6 Å². The Kier molecular flexibility index (Phi) is 7.02. The third-order valence-corrected chi connectivity index (χ3v) is 5.03. The van der Waals surface area contributed by atoms with Crippen LogP contribution in [0.25, 0.3) is 0 Å². The number of rotatable bonds is 7. The smallest absolute Gasteiger partial charge is 0.269 e. The first-order valence-electron chi connectivity index (χ1n) is 10.2. The maximum atomic E-state index is 12.8. The summed E-state index contributed by atoms with van der Waals surface area (Å²) < 4.78 is 5.43. The number of nitro groups is 1. The fourth-order valence-corrected chi connectivity index (χ4v) is 3.31. The molecule has 3 aromatic carbocycles. The van der Waals surface area contributed by atoms with Gasteiger partial charge in [-0.25, -0.2) is 0 Å².